The Labute approximate surface area is 183 Å². The zero-order valence-corrected chi connectivity index (χ0v) is 17.8. The number of benzene rings is 1. The molecule has 0 aromatic heterocycles. The standard InChI is InChI=1S/C21H23ClFN5O3/c1-10-19(22)11(2)26-20(25-10)14-6-28(7-15(14)24)21(30)13-4-3-12(23)5-18(13)31-9-17-16(8-29)27-17/h3-5,8,15,17,25,27,29H,6-7,9,24H2,1-2H3/b16-8-,20-14-. The van der Waals surface area contributed by atoms with Crippen molar-refractivity contribution in [3.05, 3.63) is 63.7 Å². The molecule has 1 aromatic carbocycles. The third kappa shape index (κ3) is 4.24. The maximum absolute atomic E-state index is 13.8. The summed E-state index contributed by atoms with van der Waals surface area (Å²) < 4.78 is 19.5. The minimum Gasteiger partial charge on any atom is -0.514 e. The van der Waals surface area contributed by atoms with E-state index >= 15 is 0 Å². The predicted octanol–water partition coefficient (Wildman–Crippen LogP) is 2.10. The Morgan fingerprint density at radius 1 is 1.48 bits per heavy atom. The van der Waals surface area contributed by atoms with E-state index in [1.54, 1.807) is 4.90 Å². The van der Waals surface area contributed by atoms with Gasteiger partial charge >= 0.3 is 0 Å². The van der Waals surface area contributed by atoms with Gasteiger partial charge in [0.2, 0.25) is 0 Å². The fourth-order valence-electron chi connectivity index (χ4n) is 3.59. The van der Waals surface area contributed by atoms with Gasteiger partial charge in [0.05, 0.1) is 22.0 Å². The smallest absolute Gasteiger partial charge is 0.257 e. The van der Waals surface area contributed by atoms with E-state index in [-0.39, 0.29) is 36.4 Å². The predicted molar refractivity (Wildman–Crippen MR) is 115 cm³/mol. The van der Waals surface area contributed by atoms with Crippen molar-refractivity contribution >= 4 is 23.2 Å². The van der Waals surface area contributed by atoms with Gasteiger partial charge in [-0.25, -0.2) is 9.38 Å². The zero-order valence-electron chi connectivity index (χ0n) is 17.1. The number of aliphatic hydroxyl groups is 1. The highest BCUT2D eigenvalue weighted by molar-refractivity contribution is 6.43. The van der Waals surface area contributed by atoms with Crippen LogP contribution >= 0.6 is 11.6 Å². The van der Waals surface area contributed by atoms with Gasteiger partial charge < -0.3 is 31.1 Å². The molecule has 2 fully saturated rings. The van der Waals surface area contributed by atoms with Crippen LogP contribution in [-0.2, 0) is 0 Å². The minimum atomic E-state index is -0.510. The van der Waals surface area contributed by atoms with E-state index in [2.05, 4.69) is 15.6 Å². The molecular weight excluding hydrogens is 425 g/mol. The summed E-state index contributed by atoms with van der Waals surface area (Å²) in [5.74, 6) is -0.0872. The van der Waals surface area contributed by atoms with Crippen LogP contribution in [0.2, 0.25) is 0 Å². The monoisotopic (exact) mass is 447 g/mol. The Morgan fingerprint density at radius 2 is 2.26 bits per heavy atom. The molecule has 3 aliphatic heterocycles. The normalized spacial score (nSPS) is 26.5. The van der Waals surface area contributed by atoms with Gasteiger partial charge in [0.1, 0.15) is 36.3 Å². The number of aliphatic imine (C=N–C) groups is 1. The van der Waals surface area contributed by atoms with Gasteiger partial charge in [-0.2, -0.15) is 0 Å². The molecule has 2 unspecified atom stereocenters. The first-order valence-corrected chi connectivity index (χ1v) is 10.2. The van der Waals surface area contributed by atoms with Gasteiger partial charge in [0, 0.05) is 36.5 Å². The number of carbonyl (C=O) groups excluding carboxylic acids is 1. The molecule has 3 heterocycles. The van der Waals surface area contributed by atoms with Crippen molar-refractivity contribution < 1.29 is 19.0 Å². The van der Waals surface area contributed by atoms with E-state index in [4.69, 9.17) is 27.2 Å². The molecule has 164 valence electrons. The van der Waals surface area contributed by atoms with Gasteiger partial charge in [0.25, 0.3) is 5.91 Å². The lowest BCUT2D eigenvalue weighted by molar-refractivity contribution is 0.0789. The van der Waals surface area contributed by atoms with Crippen molar-refractivity contribution in [1.82, 2.24) is 15.5 Å². The van der Waals surface area contributed by atoms with E-state index in [1.165, 1.54) is 18.2 Å². The van der Waals surface area contributed by atoms with Crippen LogP contribution < -0.4 is 21.1 Å². The van der Waals surface area contributed by atoms with Gasteiger partial charge in [-0.3, -0.25) is 4.79 Å². The summed E-state index contributed by atoms with van der Waals surface area (Å²) in [6.07, 6.45) is 0.958. The lowest BCUT2D eigenvalue weighted by Crippen LogP contribution is -2.32. The highest BCUT2D eigenvalue weighted by Crippen LogP contribution is 2.28. The summed E-state index contributed by atoms with van der Waals surface area (Å²) >= 11 is 6.19. The van der Waals surface area contributed by atoms with Gasteiger partial charge in [0.15, 0.2) is 0 Å². The molecule has 0 radical (unpaired) electrons. The Hall–Kier alpha value is -3.04. The van der Waals surface area contributed by atoms with Crippen molar-refractivity contribution in [2.75, 3.05) is 19.7 Å². The van der Waals surface area contributed by atoms with E-state index in [0.717, 1.165) is 17.5 Å². The minimum absolute atomic E-state index is 0.140. The maximum Gasteiger partial charge on any atom is 0.257 e. The van der Waals surface area contributed by atoms with Crippen LogP contribution in [0.4, 0.5) is 4.39 Å². The Bertz CT molecular complexity index is 1070. The number of aliphatic hydroxyl groups excluding tert-OH is 1. The summed E-state index contributed by atoms with van der Waals surface area (Å²) in [4.78, 5) is 19.3. The molecule has 0 bridgehead atoms. The number of rotatable bonds is 4. The molecule has 1 aromatic rings. The number of nitrogens with one attached hydrogen (secondary N) is 2. The van der Waals surface area contributed by atoms with Crippen molar-refractivity contribution in [3.8, 4) is 5.75 Å². The molecule has 0 spiro atoms. The van der Waals surface area contributed by atoms with Gasteiger partial charge in [-0.15, -0.1) is 0 Å². The first-order valence-electron chi connectivity index (χ1n) is 9.78. The topological polar surface area (TPSA) is 122 Å². The molecule has 2 atom stereocenters. The van der Waals surface area contributed by atoms with Crippen molar-refractivity contribution in [2.45, 2.75) is 25.9 Å². The number of nitrogens with zero attached hydrogens (tertiary/aromatic N) is 2. The molecule has 0 aliphatic carbocycles. The average Bonchev–Trinajstić information content (AvgIpc) is 3.40. The number of halogens is 2. The molecule has 3 aliphatic rings. The third-order valence-electron chi connectivity index (χ3n) is 5.40. The summed E-state index contributed by atoms with van der Waals surface area (Å²) in [5, 5.41) is 15.6. The Balaban J connectivity index is 1.54. The summed E-state index contributed by atoms with van der Waals surface area (Å²) in [6.45, 7) is 4.39. The van der Waals surface area contributed by atoms with E-state index < -0.39 is 11.9 Å². The zero-order chi connectivity index (χ0) is 22.3. The maximum atomic E-state index is 13.8. The third-order valence-corrected chi connectivity index (χ3v) is 5.96. The number of carbonyl (C=O) groups is 1. The lowest BCUT2D eigenvalue weighted by Gasteiger charge is -2.20. The first-order chi connectivity index (χ1) is 14.8. The quantitative estimate of drug-likeness (QED) is 0.414. The number of amides is 1. The van der Waals surface area contributed by atoms with Crippen molar-refractivity contribution in [2.24, 2.45) is 10.7 Å². The van der Waals surface area contributed by atoms with E-state index in [1.807, 2.05) is 13.8 Å². The largest absolute Gasteiger partial charge is 0.514 e. The van der Waals surface area contributed by atoms with Crippen LogP contribution in [0.1, 0.15) is 24.2 Å². The summed E-state index contributed by atoms with van der Waals surface area (Å²) in [6, 6.07) is 3.25. The molecule has 8 nitrogen and oxygen atoms in total. The summed E-state index contributed by atoms with van der Waals surface area (Å²) in [7, 11) is 0. The number of allylic oxidation sites excluding steroid dienone is 2. The Morgan fingerprint density at radius 3 is 2.94 bits per heavy atom. The van der Waals surface area contributed by atoms with Crippen LogP contribution in [0, 0.1) is 5.82 Å². The SMILES string of the molecule is CC1=N/C(=C2/CN(C(=O)c3ccc(F)cc3OCC3N/C3=C\O)CC2N)NC(C)=C1Cl. The van der Waals surface area contributed by atoms with Gasteiger partial charge in [-0.05, 0) is 26.0 Å². The van der Waals surface area contributed by atoms with E-state index in [0.29, 0.717) is 28.8 Å². The lowest BCUT2D eigenvalue weighted by atomic mass is 10.1. The van der Waals surface area contributed by atoms with Crippen molar-refractivity contribution in [3.63, 3.8) is 0 Å². The van der Waals surface area contributed by atoms with Crippen molar-refractivity contribution in [1.29, 1.82) is 0 Å². The molecule has 5 N–H and O–H groups in total. The second-order valence-corrected chi connectivity index (χ2v) is 8.04. The van der Waals surface area contributed by atoms with Crippen LogP contribution in [0.5, 0.6) is 5.75 Å². The van der Waals surface area contributed by atoms with Crippen LogP contribution in [0.25, 0.3) is 0 Å². The molecule has 2 saturated heterocycles. The molecule has 10 heteroatoms. The van der Waals surface area contributed by atoms with Crippen LogP contribution in [0.3, 0.4) is 0 Å². The molecule has 0 saturated carbocycles. The molecule has 1 amide bonds. The number of hydrogen-bond acceptors (Lipinski definition) is 7. The molecule has 4 rings (SSSR count). The highest BCUT2D eigenvalue weighted by atomic mass is 35.5. The second kappa shape index (κ2) is 8.24. The van der Waals surface area contributed by atoms with E-state index in [9.17, 15) is 9.18 Å². The number of ether oxygens (including phenoxy) is 1. The highest BCUT2D eigenvalue weighted by Gasteiger charge is 2.34. The second-order valence-electron chi connectivity index (χ2n) is 7.66. The number of hydrogen-bond donors (Lipinski definition) is 4. The fraction of sp³-hybridized carbons (Fsp3) is 0.333. The fourth-order valence-corrected chi connectivity index (χ4v) is 3.68. The Kier molecular flexibility index (Phi) is 5.63. The summed E-state index contributed by atoms with van der Waals surface area (Å²) in [5.41, 5.74) is 9.41. The molecular formula is C21H23ClFN5O3. The van der Waals surface area contributed by atoms with Crippen LogP contribution in [-0.4, -0.2) is 53.4 Å². The van der Waals surface area contributed by atoms with Gasteiger partial charge in [-0.1, -0.05) is 11.6 Å². The van der Waals surface area contributed by atoms with Crippen LogP contribution in [0.15, 0.2) is 57.3 Å². The number of likely N-dealkylation sites (tertiary alicyclic amines) is 1. The number of nitrogens with two attached hydrogens (primary N) is 1. The first kappa shape index (κ1) is 21.2. The average molecular weight is 448 g/mol. The molecule has 31 heavy (non-hydrogen) atoms.